The molecule has 5 nitrogen and oxygen atoms in total. The molecule has 1 heterocycles. The molecule has 106 valence electrons. The maximum atomic E-state index is 12.4. The number of pyridine rings is 1. The van der Waals surface area contributed by atoms with Gasteiger partial charge in [0, 0.05) is 23.8 Å². The van der Waals surface area contributed by atoms with Crippen LogP contribution < -0.4 is 5.43 Å². The van der Waals surface area contributed by atoms with Crippen molar-refractivity contribution in [1.82, 2.24) is 4.57 Å². The summed E-state index contributed by atoms with van der Waals surface area (Å²) in [6.07, 6.45) is 1.58. The lowest BCUT2D eigenvalue weighted by atomic mass is 10.0. The van der Waals surface area contributed by atoms with Gasteiger partial charge < -0.3 is 14.4 Å². The van der Waals surface area contributed by atoms with Crippen LogP contribution in [0.25, 0.3) is 10.9 Å². The van der Waals surface area contributed by atoms with Crippen molar-refractivity contribution < 1.29 is 14.6 Å². The Kier molecular flexibility index (Phi) is 4.20. The SMILES string of the molecule is CCOCn1cc(C(C)C(=O)O)c(=O)c2ccccc21. The number of carbonyl (C=O) groups is 1. The number of nitrogens with zero attached hydrogens (tertiary/aromatic N) is 1. The van der Waals surface area contributed by atoms with Crippen LogP contribution in [0.4, 0.5) is 0 Å². The van der Waals surface area contributed by atoms with Crippen LogP contribution in [0.15, 0.2) is 35.3 Å². The number of carboxylic acid groups (broad SMARTS) is 1. The van der Waals surface area contributed by atoms with Gasteiger partial charge in [-0.25, -0.2) is 0 Å². The Morgan fingerprint density at radius 3 is 2.75 bits per heavy atom. The van der Waals surface area contributed by atoms with Gasteiger partial charge in [-0.1, -0.05) is 12.1 Å². The number of carboxylic acids is 1. The average Bonchev–Trinajstić information content (AvgIpc) is 2.46. The number of para-hydroxylation sites is 1. The van der Waals surface area contributed by atoms with Crippen LogP contribution in [0.5, 0.6) is 0 Å². The van der Waals surface area contributed by atoms with Gasteiger partial charge >= 0.3 is 5.97 Å². The lowest BCUT2D eigenvalue weighted by Crippen LogP contribution is -2.21. The smallest absolute Gasteiger partial charge is 0.310 e. The Balaban J connectivity index is 2.68. The Labute approximate surface area is 116 Å². The third-order valence-corrected chi connectivity index (χ3v) is 3.29. The molecule has 0 bridgehead atoms. The van der Waals surface area contributed by atoms with Gasteiger partial charge in [0.05, 0.1) is 11.4 Å². The minimum Gasteiger partial charge on any atom is -0.481 e. The third kappa shape index (κ3) is 2.58. The van der Waals surface area contributed by atoms with Gasteiger partial charge in [-0.05, 0) is 26.0 Å². The molecule has 0 fully saturated rings. The van der Waals surface area contributed by atoms with E-state index in [-0.39, 0.29) is 17.7 Å². The maximum absolute atomic E-state index is 12.4. The molecule has 0 aliphatic rings. The molecule has 1 unspecified atom stereocenters. The first-order chi connectivity index (χ1) is 9.56. The van der Waals surface area contributed by atoms with Gasteiger partial charge in [-0.2, -0.15) is 0 Å². The van der Waals surface area contributed by atoms with Crippen LogP contribution in [-0.4, -0.2) is 22.2 Å². The first-order valence-electron chi connectivity index (χ1n) is 6.49. The van der Waals surface area contributed by atoms with E-state index < -0.39 is 11.9 Å². The molecule has 2 rings (SSSR count). The van der Waals surface area contributed by atoms with E-state index in [1.165, 1.54) is 6.92 Å². The fourth-order valence-corrected chi connectivity index (χ4v) is 2.11. The van der Waals surface area contributed by atoms with Crippen molar-refractivity contribution >= 4 is 16.9 Å². The van der Waals surface area contributed by atoms with Crippen LogP contribution in [0.3, 0.4) is 0 Å². The lowest BCUT2D eigenvalue weighted by Gasteiger charge is -2.15. The molecule has 1 N–H and O–H groups in total. The predicted octanol–water partition coefficient (Wildman–Crippen LogP) is 2.18. The molecular weight excluding hydrogens is 258 g/mol. The molecule has 0 spiro atoms. The van der Waals surface area contributed by atoms with Crippen molar-refractivity contribution in [3.8, 4) is 0 Å². The molecule has 20 heavy (non-hydrogen) atoms. The van der Waals surface area contributed by atoms with E-state index in [1.807, 2.05) is 19.1 Å². The quantitative estimate of drug-likeness (QED) is 0.908. The highest BCUT2D eigenvalue weighted by atomic mass is 16.5. The molecule has 0 saturated heterocycles. The van der Waals surface area contributed by atoms with Crippen molar-refractivity contribution in [3.05, 3.63) is 46.2 Å². The van der Waals surface area contributed by atoms with Gasteiger partial charge in [0.1, 0.15) is 6.73 Å². The Bertz CT molecular complexity index is 690. The Morgan fingerprint density at radius 1 is 1.40 bits per heavy atom. The first-order valence-corrected chi connectivity index (χ1v) is 6.49. The number of aromatic nitrogens is 1. The molecule has 1 aromatic heterocycles. The molecule has 1 atom stereocenters. The van der Waals surface area contributed by atoms with Crippen LogP contribution in [0.2, 0.25) is 0 Å². The number of ether oxygens (including phenoxy) is 1. The summed E-state index contributed by atoms with van der Waals surface area (Å²) < 4.78 is 7.15. The highest BCUT2D eigenvalue weighted by Crippen LogP contribution is 2.17. The van der Waals surface area contributed by atoms with Crippen molar-refractivity contribution in [2.75, 3.05) is 6.61 Å². The van der Waals surface area contributed by atoms with E-state index in [0.717, 1.165) is 5.52 Å². The summed E-state index contributed by atoms with van der Waals surface area (Å²) in [6.45, 7) is 4.23. The molecule has 0 aliphatic heterocycles. The topological polar surface area (TPSA) is 68.5 Å². The second-order valence-electron chi connectivity index (χ2n) is 4.58. The zero-order valence-electron chi connectivity index (χ0n) is 11.5. The van der Waals surface area contributed by atoms with Gasteiger partial charge in [0.25, 0.3) is 0 Å². The monoisotopic (exact) mass is 275 g/mol. The summed E-state index contributed by atoms with van der Waals surface area (Å²) >= 11 is 0. The van der Waals surface area contributed by atoms with E-state index in [4.69, 9.17) is 9.84 Å². The van der Waals surface area contributed by atoms with Crippen LogP contribution in [0, 0.1) is 0 Å². The van der Waals surface area contributed by atoms with Crippen LogP contribution >= 0.6 is 0 Å². The summed E-state index contributed by atoms with van der Waals surface area (Å²) in [6, 6.07) is 7.14. The Morgan fingerprint density at radius 2 is 2.10 bits per heavy atom. The zero-order valence-corrected chi connectivity index (χ0v) is 11.5. The number of aliphatic carboxylic acids is 1. The number of hydrogen-bond donors (Lipinski definition) is 1. The molecule has 1 aromatic carbocycles. The van der Waals surface area contributed by atoms with Gasteiger partial charge in [0.2, 0.25) is 0 Å². The second kappa shape index (κ2) is 5.88. The lowest BCUT2D eigenvalue weighted by molar-refractivity contribution is -0.138. The van der Waals surface area contributed by atoms with Crippen LogP contribution in [-0.2, 0) is 16.3 Å². The third-order valence-electron chi connectivity index (χ3n) is 3.29. The number of rotatable bonds is 5. The number of fused-ring (bicyclic) bond motifs is 1. The summed E-state index contributed by atoms with van der Waals surface area (Å²) in [4.78, 5) is 23.5. The molecular formula is C15H17NO4. The largest absolute Gasteiger partial charge is 0.481 e. The maximum Gasteiger partial charge on any atom is 0.310 e. The molecule has 0 amide bonds. The van der Waals surface area contributed by atoms with E-state index in [1.54, 1.807) is 22.9 Å². The van der Waals surface area contributed by atoms with Crippen molar-refractivity contribution in [3.63, 3.8) is 0 Å². The van der Waals surface area contributed by atoms with Crippen molar-refractivity contribution in [2.24, 2.45) is 0 Å². The standard InChI is InChI=1S/C15H17NO4/c1-3-20-9-16-8-12(10(2)15(18)19)14(17)11-6-4-5-7-13(11)16/h4-8,10H,3,9H2,1-2H3,(H,18,19). The summed E-state index contributed by atoms with van der Waals surface area (Å²) in [5, 5.41) is 9.63. The fourth-order valence-electron chi connectivity index (χ4n) is 2.11. The Hall–Kier alpha value is -2.14. The number of hydrogen-bond acceptors (Lipinski definition) is 3. The fraction of sp³-hybridized carbons (Fsp3) is 0.333. The van der Waals surface area contributed by atoms with Crippen molar-refractivity contribution in [1.29, 1.82) is 0 Å². The summed E-state index contributed by atoms with van der Waals surface area (Å²) in [5.74, 6) is -1.86. The molecule has 0 radical (unpaired) electrons. The molecule has 0 saturated carbocycles. The van der Waals surface area contributed by atoms with E-state index in [9.17, 15) is 9.59 Å². The van der Waals surface area contributed by atoms with Gasteiger partial charge in [-0.15, -0.1) is 0 Å². The summed E-state index contributed by atoms with van der Waals surface area (Å²) in [5.41, 5.74) is 0.784. The first kappa shape index (κ1) is 14.3. The predicted molar refractivity (Wildman–Crippen MR) is 75.9 cm³/mol. The van der Waals surface area contributed by atoms with E-state index in [2.05, 4.69) is 0 Å². The minimum absolute atomic E-state index is 0.233. The number of benzene rings is 1. The van der Waals surface area contributed by atoms with Crippen molar-refractivity contribution in [2.45, 2.75) is 26.5 Å². The second-order valence-corrected chi connectivity index (χ2v) is 4.58. The highest BCUT2D eigenvalue weighted by molar-refractivity contribution is 5.82. The normalized spacial score (nSPS) is 12.5. The highest BCUT2D eigenvalue weighted by Gasteiger charge is 2.19. The molecule has 0 aliphatic carbocycles. The minimum atomic E-state index is -1.01. The molecule has 5 heteroatoms. The summed E-state index contributed by atoms with van der Waals surface area (Å²) in [7, 11) is 0. The average molecular weight is 275 g/mol. The van der Waals surface area contributed by atoms with Gasteiger partial charge in [-0.3, -0.25) is 9.59 Å². The van der Waals surface area contributed by atoms with Gasteiger partial charge in [0.15, 0.2) is 5.43 Å². The van der Waals surface area contributed by atoms with E-state index in [0.29, 0.717) is 12.0 Å². The van der Waals surface area contributed by atoms with Crippen LogP contribution in [0.1, 0.15) is 25.3 Å². The van der Waals surface area contributed by atoms with E-state index >= 15 is 0 Å². The zero-order chi connectivity index (χ0) is 14.7. The molecule has 2 aromatic rings.